The van der Waals surface area contributed by atoms with Gasteiger partial charge in [-0.3, -0.25) is 24.8 Å². The molecule has 4 amide bonds. The van der Waals surface area contributed by atoms with Gasteiger partial charge in [0.2, 0.25) is 11.8 Å². The number of rotatable bonds is 2. The van der Waals surface area contributed by atoms with Crippen LogP contribution in [0.1, 0.15) is 25.1 Å². The predicted octanol–water partition coefficient (Wildman–Crippen LogP) is 0.995. The van der Waals surface area contributed by atoms with E-state index in [0.29, 0.717) is 5.69 Å². The number of nitrogens with zero attached hydrogens (tertiary/aromatic N) is 2. The molecule has 1 N–H and O–H groups in total. The summed E-state index contributed by atoms with van der Waals surface area (Å²) in [5.74, 6) is -1.08. The molecule has 0 aliphatic carbocycles. The van der Waals surface area contributed by atoms with E-state index >= 15 is 0 Å². The van der Waals surface area contributed by atoms with Gasteiger partial charge in [-0.2, -0.15) is 0 Å². The predicted molar refractivity (Wildman–Crippen MR) is 66.8 cm³/mol. The molecule has 0 atom stereocenters. The number of aryl methyl sites for hydroxylation is 1. The number of pyridine rings is 1. The standard InChI is InChI=1S/C13H15N3O3/c1-8-5-4-6-14-9(8)7-16-11(18)13(2,3)10(17)15-12(16)19/h4-6H,7H2,1-3H3,(H,15,17,19). The highest BCUT2D eigenvalue weighted by molar-refractivity contribution is 6.18. The van der Waals surface area contributed by atoms with Crippen molar-refractivity contribution in [1.29, 1.82) is 0 Å². The summed E-state index contributed by atoms with van der Waals surface area (Å²) in [6.45, 7) is 4.91. The van der Waals surface area contributed by atoms with E-state index in [2.05, 4.69) is 10.3 Å². The Bertz CT molecular complexity index is 566. The molecule has 0 aromatic carbocycles. The number of nitrogens with one attached hydrogen (secondary N) is 1. The molecule has 1 aromatic heterocycles. The van der Waals surface area contributed by atoms with Crippen molar-refractivity contribution in [2.45, 2.75) is 27.3 Å². The Kier molecular flexibility index (Phi) is 3.09. The highest BCUT2D eigenvalue weighted by Crippen LogP contribution is 2.24. The summed E-state index contributed by atoms with van der Waals surface area (Å²) in [5.41, 5.74) is 0.283. The number of aromatic nitrogens is 1. The van der Waals surface area contributed by atoms with E-state index in [1.54, 1.807) is 12.3 Å². The van der Waals surface area contributed by atoms with E-state index < -0.39 is 23.3 Å². The SMILES string of the molecule is Cc1cccnc1CN1C(=O)NC(=O)C(C)(C)C1=O. The molecule has 1 aliphatic heterocycles. The smallest absolute Gasteiger partial charge is 0.277 e. The number of imide groups is 2. The first-order valence-electron chi connectivity index (χ1n) is 5.92. The summed E-state index contributed by atoms with van der Waals surface area (Å²) in [5, 5.41) is 2.19. The van der Waals surface area contributed by atoms with Crippen LogP contribution in [0.3, 0.4) is 0 Å². The molecular formula is C13H15N3O3. The minimum Gasteiger partial charge on any atom is -0.277 e. The van der Waals surface area contributed by atoms with E-state index in [0.717, 1.165) is 10.5 Å². The Balaban J connectivity index is 2.30. The first-order valence-corrected chi connectivity index (χ1v) is 5.92. The van der Waals surface area contributed by atoms with Crippen LogP contribution in [0, 0.1) is 12.3 Å². The van der Waals surface area contributed by atoms with Gasteiger partial charge in [0.1, 0.15) is 5.41 Å². The van der Waals surface area contributed by atoms with Crippen molar-refractivity contribution in [1.82, 2.24) is 15.2 Å². The molecule has 2 rings (SSSR count). The second-order valence-corrected chi connectivity index (χ2v) is 5.04. The number of carbonyl (C=O) groups is 3. The molecule has 6 nitrogen and oxygen atoms in total. The van der Waals surface area contributed by atoms with E-state index in [9.17, 15) is 14.4 Å². The maximum atomic E-state index is 12.2. The van der Waals surface area contributed by atoms with Crippen LogP contribution in [0.4, 0.5) is 4.79 Å². The quantitative estimate of drug-likeness (QED) is 0.805. The van der Waals surface area contributed by atoms with Gasteiger partial charge in [-0.15, -0.1) is 0 Å². The van der Waals surface area contributed by atoms with E-state index in [1.807, 2.05) is 13.0 Å². The van der Waals surface area contributed by atoms with Gasteiger partial charge in [-0.25, -0.2) is 4.79 Å². The topological polar surface area (TPSA) is 79.4 Å². The van der Waals surface area contributed by atoms with Gasteiger partial charge < -0.3 is 0 Å². The Morgan fingerprint density at radius 1 is 1.32 bits per heavy atom. The summed E-state index contributed by atoms with van der Waals surface area (Å²) in [4.78, 5) is 40.7. The molecule has 2 heterocycles. The van der Waals surface area contributed by atoms with Crippen molar-refractivity contribution in [3.8, 4) is 0 Å². The summed E-state index contributed by atoms with van der Waals surface area (Å²) in [6.07, 6.45) is 1.60. The lowest BCUT2D eigenvalue weighted by Gasteiger charge is -2.34. The van der Waals surface area contributed by atoms with Gasteiger partial charge in [-0.1, -0.05) is 6.07 Å². The number of hydrogen-bond acceptors (Lipinski definition) is 4. The normalized spacial score (nSPS) is 18.5. The molecule has 0 spiro atoms. The monoisotopic (exact) mass is 261 g/mol. The number of hydrogen-bond donors (Lipinski definition) is 1. The van der Waals surface area contributed by atoms with E-state index in [4.69, 9.17) is 0 Å². The van der Waals surface area contributed by atoms with Gasteiger partial charge in [0.15, 0.2) is 0 Å². The molecular weight excluding hydrogens is 246 g/mol. The maximum Gasteiger partial charge on any atom is 0.331 e. The van der Waals surface area contributed by atoms with Crippen LogP contribution < -0.4 is 5.32 Å². The molecule has 0 unspecified atom stereocenters. The van der Waals surface area contributed by atoms with Gasteiger partial charge in [-0.05, 0) is 32.4 Å². The average Bonchev–Trinajstić information content (AvgIpc) is 2.35. The Hall–Kier alpha value is -2.24. The van der Waals surface area contributed by atoms with Gasteiger partial charge in [0.05, 0.1) is 12.2 Å². The average molecular weight is 261 g/mol. The Labute approximate surface area is 110 Å². The molecule has 0 bridgehead atoms. The first-order chi connectivity index (χ1) is 8.84. The Morgan fingerprint density at radius 2 is 2.00 bits per heavy atom. The van der Waals surface area contributed by atoms with Gasteiger partial charge >= 0.3 is 6.03 Å². The Morgan fingerprint density at radius 3 is 2.63 bits per heavy atom. The van der Waals surface area contributed by atoms with Crippen molar-refractivity contribution in [3.63, 3.8) is 0 Å². The van der Waals surface area contributed by atoms with E-state index in [1.165, 1.54) is 13.8 Å². The number of barbiturate groups is 1. The van der Waals surface area contributed by atoms with Crippen LogP contribution in [0.25, 0.3) is 0 Å². The third kappa shape index (κ3) is 2.21. The molecule has 19 heavy (non-hydrogen) atoms. The highest BCUT2D eigenvalue weighted by Gasteiger charge is 2.47. The van der Waals surface area contributed by atoms with Crippen LogP contribution in [-0.4, -0.2) is 27.7 Å². The van der Waals surface area contributed by atoms with Crippen LogP contribution >= 0.6 is 0 Å². The molecule has 0 radical (unpaired) electrons. The molecule has 1 fully saturated rings. The summed E-state index contributed by atoms with van der Waals surface area (Å²) in [7, 11) is 0. The fourth-order valence-corrected chi connectivity index (χ4v) is 1.82. The zero-order valence-corrected chi connectivity index (χ0v) is 11.1. The van der Waals surface area contributed by atoms with Crippen molar-refractivity contribution < 1.29 is 14.4 Å². The van der Waals surface area contributed by atoms with Crippen LogP contribution in [0.15, 0.2) is 18.3 Å². The third-order valence-electron chi connectivity index (χ3n) is 3.24. The zero-order valence-electron chi connectivity index (χ0n) is 11.1. The van der Waals surface area contributed by atoms with Crippen molar-refractivity contribution in [2.24, 2.45) is 5.41 Å². The second-order valence-electron chi connectivity index (χ2n) is 5.04. The van der Waals surface area contributed by atoms with Crippen molar-refractivity contribution in [3.05, 3.63) is 29.6 Å². The van der Waals surface area contributed by atoms with Crippen LogP contribution in [0.2, 0.25) is 0 Å². The van der Waals surface area contributed by atoms with Gasteiger partial charge in [0.25, 0.3) is 0 Å². The summed E-state index contributed by atoms with van der Waals surface area (Å²) in [6, 6.07) is 2.94. The molecule has 0 saturated carbocycles. The lowest BCUT2D eigenvalue weighted by Crippen LogP contribution is -2.61. The summed E-state index contributed by atoms with van der Waals surface area (Å²) >= 11 is 0. The zero-order chi connectivity index (χ0) is 14.2. The number of amides is 4. The molecule has 1 saturated heterocycles. The molecule has 1 aromatic rings. The maximum absolute atomic E-state index is 12.2. The lowest BCUT2D eigenvalue weighted by molar-refractivity contribution is -0.149. The minimum absolute atomic E-state index is 0.0635. The van der Waals surface area contributed by atoms with Gasteiger partial charge in [0, 0.05) is 6.20 Å². The summed E-state index contributed by atoms with van der Waals surface area (Å²) < 4.78 is 0. The third-order valence-corrected chi connectivity index (χ3v) is 3.24. The number of urea groups is 1. The first kappa shape index (κ1) is 13.2. The molecule has 6 heteroatoms. The fourth-order valence-electron chi connectivity index (χ4n) is 1.82. The largest absolute Gasteiger partial charge is 0.331 e. The second kappa shape index (κ2) is 4.46. The van der Waals surface area contributed by atoms with Crippen molar-refractivity contribution in [2.75, 3.05) is 0 Å². The molecule has 100 valence electrons. The van der Waals surface area contributed by atoms with E-state index in [-0.39, 0.29) is 6.54 Å². The number of carbonyl (C=O) groups excluding carboxylic acids is 3. The van der Waals surface area contributed by atoms with Crippen LogP contribution in [-0.2, 0) is 16.1 Å². The highest BCUT2D eigenvalue weighted by atomic mass is 16.2. The van der Waals surface area contributed by atoms with Crippen LogP contribution in [0.5, 0.6) is 0 Å². The van der Waals surface area contributed by atoms with Crippen molar-refractivity contribution >= 4 is 17.8 Å². The molecule has 1 aliphatic rings. The minimum atomic E-state index is -1.24. The lowest BCUT2D eigenvalue weighted by atomic mass is 9.88. The fraction of sp³-hybridized carbons (Fsp3) is 0.385.